The number of rotatable bonds is 6. The molecule has 0 aliphatic rings. The first-order valence-corrected chi connectivity index (χ1v) is 5.25. The lowest BCUT2D eigenvalue weighted by Crippen LogP contribution is -2.24. The van der Waals surface area contributed by atoms with Crippen LogP contribution >= 0.6 is 0 Å². The number of anilines is 1. The molecule has 88 valence electrons. The highest BCUT2D eigenvalue weighted by Crippen LogP contribution is 2.17. The molecule has 0 spiro atoms. The number of primary amides is 1. The van der Waals surface area contributed by atoms with E-state index in [9.17, 15) is 4.79 Å². The zero-order valence-corrected chi connectivity index (χ0v) is 9.69. The molecule has 0 heterocycles. The fraction of sp³-hybridized carbons (Fsp3) is 0.417. The van der Waals surface area contributed by atoms with Crippen molar-refractivity contribution in [2.24, 2.45) is 5.73 Å². The first kappa shape index (κ1) is 12.5. The summed E-state index contributed by atoms with van der Waals surface area (Å²) in [6.45, 7) is 2.47. The van der Waals surface area contributed by atoms with Gasteiger partial charge in [-0.15, -0.1) is 0 Å². The summed E-state index contributed by atoms with van der Waals surface area (Å²) in [6.07, 6.45) is 0.321. The third-order valence-corrected chi connectivity index (χ3v) is 2.23. The Morgan fingerprint density at radius 2 is 2.19 bits per heavy atom. The molecule has 0 radical (unpaired) electrons. The minimum atomic E-state index is -0.302. The summed E-state index contributed by atoms with van der Waals surface area (Å²) in [4.78, 5) is 10.8. The van der Waals surface area contributed by atoms with Crippen molar-refractivity contribution in [1.82, 2.24) is 0 Å². The van der Waals surface area contributed by atoms with Crippen molar-refractivity contribution in [3.63, 3.8) is 0 Å². The number of carbonyl (C=O) groups excluding carboxylic acids is 1. The predicted octanol–water partition coefficient (Wildman–Crippen LogP) is 1.51. The number of benzene rings is 1. The van der Waals surface area contributed by atoms with E-state index in [1.165, 1.54) is 0 Å². The van der Waals surface area contributed by atoms with E-state index in [0.29, 0.717) is 13.0 Å². The van der Waals surface area contributed by atoms with Gasteiger partial charge < -0.3 is 15.8 Å². The van der Waals surface area contributed by atoms with Gasteiger partial charge in [0.05, 0.1) is 6.61 Å². The van der Waals surface area contributed by atoms with Gasteiger partial charge in [0.1, 0.15) is 0 Å². The number of ether oxygens (including phenoxy) is 1. The smallest absolute Gasteiger partial charge is 0.219 e. The van der Waals surface area contributed by atoms with Crippen molar-refractivity contribution in [2.75, 3.05) is 12.4 Å². The number of carbonyl (C=O) groups is 1. The second kappa shape index (κ2) is 6.12. The SMILES string of the molecule is COCc1ccccc1NC(C)CC(N)=O. The molecule has 0 aliphatic carbocycles. The van der Waals surface area contributed by atoms with E-state index < -0.39 is 0 Å². The molecule has 1 rings (SSSR count). The number of para-hydroxylation sites is 1. The Labute approximate surface area is 95.8 Å². The highest BCUT2D eigenvalue weighted by Gasteiger charge is 2.08. The molecular weight excluding hydrogens is 204 g/mol. The minimum Gasteiger partial charge on any atom is -0.382 e. The van der Waals surface area contributed by atoms with Crippen LogP contribution in [0.5, 0.6) is 0 Å². The highest BCUT2D eigenvalue weighted by atomic mass is 16.5. The number of hydrogen-bond acceptors (Lipinski definition) is 3. The maximum Gasteiger partial charge on any atom is 0.219 e. The van der Waals surface area contributed by atoms with Gasteiger partial charge in [0.15, 0.2) is 0 Å². The quantitative estimate of drug-likeness (QED) is 0.766. The lowest BCUT2D eigenvalue weighted by molar-refractivity contribution is -0.118. The van der Waals surface area contributed by atoms with Crippen LogP contribution in [-0.4, -0.2) is 19.1 Å². The van der Waals surface area contributed by atoms with Crippen molar-refractivity contribution >= 4 is 11.6 Å². The van der Waals surface area contributed by atoms with E-state index in [-0.39, 0.29) is 11.9 Å². The summed E-state index contributed by atoms with van der Waals surface area (Å²) in [6, 6.07) is 7.88. The molecule has 0 saturated heterocycles. The third-order valence-electron chi connectivity index (χ3n) is 2.23. The van der Waals surface area contributed by atoms with Crippen LogP contribution in [0.2, 0.25) is 0 Å². The van der Waals surface area contributed by atoms with E-state index in [1.54, 1.807) is 7.11 Å². The molecule has 0 aliphatic heterocycles. The Hall–Kier alpha value is -1.55. The lowest BCUT2D eigenvalue weighted by Gasteiger charge is -2.16. The molecule has 0 aromatic heterocycles. The Kier molecular flexibility index (Phi) is 4.79. The fourth-order valence-corrected chi connectivity index (χ4v) is 1.56. The van der Waals surface area contributed by atoms with Gasteiger partial charge in [0.2, 0.25) is 5.91 Å². The Morgan fingerprint density at radius 3 is 2.81 bits per heavy atom. The number of amides is 1. The fourth-order valence-electron chi connectivity index (χ4n) is 1.56. The number of hydrogen-bond donors (Lipinski definition) is 2. The number of nitrogens with two attached hydrogens (primary N) is 1. The molecule has 1 atom stereocenters. The van der Waals surface area contributed by atoms with Crippen molar-refractivity contribution in [2.45, 2.75) is 26.0 Å². The average Bonchev–Trinajstić information content (AvgIpc) is 2.20. The van der Waals surface area contributed by atoms with Crippen LogP contribution in [0.15, 0.2) is 24.3 Å². The molecular formula is C12H18N2O2. The highest BCUT2D eigenvalue weighted by molar-refractivity contribution is 5.75. The normalized spacial score (nSPS) is 12.1. The summed E-state index contributed by atoms with van der Waals surface area (Å²) >= 11 is 0. The molecule has 1 amide bonds. The van der Waals surface area contributed by atoms with E-state index in [1.807, 2.05) is 31.2 Å². The maximum absolute atomic E-state index is 10.8. The van der Waals surface area contributed by atoms with E-state index >= 15 is 0 Å². The van der Waals surface area contributed by atoms with Gasteiger partial charge in [0.25, 0.3) is 0 Å². The van der Waals surface area contributed by atoms with Crippen LogP contribution in [0.3, 0.4) is 0 Å². The van der Waals surface area contributed by atoms with Gasteiger partial charge in [-0.1, -0.05) is 18.2 Å². The van der Waals surface area contributed by atoms with Crippen molar-refractivity contribution < 1.29 is 9.53 Å². The monoisotopic (exact) mass is 222 g/mol. The minimum absolute atomic E-state index is 0.0236. The molecule has 3 N–H and O–H groups in total. The zero-order chi connectivity index (χ0) is 12.0. The predicted molar refractivity (Wildman–Crippen MR) is 64.1 cm³/mol. The van der Waals surface area contributed by atoms with Gasteiger partial charge >= 0.3 is 0 Å². The van der Waals surface area contributed by atoms with Crippen LogP contribution in [0, 0.1) is 0 Å². The lowest BCUT2D eigenvalue weighted by atomic mass is 10.1. The molecule has 1 aromatic rings. The topological polar surface area (TPSA) is 64.3 Å². The molecule has 4 heteroatoms. The van der Waals surface area contributed by atoms with Crippen molar-refractivity contribution in [3.05, 3.63) is 29.8 Å². The molecule has 1 aromatic carbocycles. The number of methoxy groups -OCH3 is 1. The van der Waals surface area contributed by atoms with Gasteiger partial charge in [-0.25, -0.2) is 0 Å². The van der Waals surface area contributed by atoms with Gasteiger partial charge in [-0.2, -0.15) is 0 Å². The zero-order valence-electron chi connectivity index (χ0n) is 9.69. The van der Waals surface area contributed by atoms with Crippen LogP contribution < -0.4 is 11.1 Å². The molecule has 0 fully saturated rings. The van der Waals surface area contributed by atoms with Crippen LogP contribution in [0.25, 0.3) is 0 Å². The second-order valence-corrected chi connectivity index (χ2v) is 3.81. The Balaban J connectivity index is 2.68. The largest absolute Gasteiger partial charge is 0.382 e. The summed E-state index contributed by atoms with van der Waals surface area (Å²) in [7, 11) is 1.66. The standard InChI is InChI=1S/C12H18N2O2/c1-9(7-12(13)15)14-11-6-4-3-5-10(11)8-16-2/h3-6,9,14H,7-8H2,1-2H3,(H2,13,15). The summed E-state index contributed by atoms with van der Waals surface area (Å²) in [5.74, 6) is -0.302. The van der Waals surface area contributed by atoms with Gasteiger partial charge in [-0.05, 0) is 13.0 Å². The maximum atomic E-state index is 10.8. The van der Waals surface area contributed by atoms with E-state index in [2.05, 4.69) is 5.32 Å². The first-order chi connectivity index (χ1) is 7.63. The summed E-state index contributed by atoms with van der Waals surface area (Å²) in [5, 5.41) is 3.25. The van der Waals surface area contributed by atoms with Crippen molar-refractivity contribution in [3.8, 4) is 0 Å². The van der Waals surface area contributed by atoms with Crippen LogP contribution in [0.4, 0.5) is 5.69 Å². The molecule has 0 bridgehead atoms. The average molecular weight is 222 g/mol. The molecule has 16 heavy (non-hydrogen) atoms. The Morgan fingerprint density at radius 1 is 1.50 bits per heavy atom. The summed E-state index contributed by atoms with van der Waals surface area (Å²) in [5.41, 5.74) is 7.20. The third kappa shape index (κ3) is 3.90. The van der Waals surface area contributed by atoms with Crippen molar-refractivity contribution in [1.29, 1.82) is 0 Å². The molecule has 4 nitrogen and oxygen atoms in total. The molecule has 0 saturated carbocycles. The van der Waals surface area contributed by atoms with Gasteiger partial charge in [-0.3, -0.25) is 4.79 Å². The summed E-state index contributed by atoms with van der Waals surface area (Å²) < 4.78 is 5.10. The van der Waals surface area contributed by atoms with E-state index in [4.69, 9.17) is 10.5 Å². The first-order valence-electron chi connectivity index (χ1n) is 5.25. The van der Waals surface area contributed by atoms with Crippen LogP contribution in [-0.2, 0) is 16.1 Å². The number of nitrogens with one attached hydrogen (secondary N) is 1. The second-order valence-electron chi connectivity index (χ2n) is 3.81. The Bertz CT molecular complexity index is 353. The van der Waals surface area contributed by atoms with Gasteiger partial charge in [0, 0.05) is 30.8 Å². The molecule has 1 unspecified atom stereocenters. The van der Waals surface area contributed by atoms with E-state index in [0.717, 1.165) is 11.3 Å². The van der Waals surface area contributed by atoms with Crippen LogP contribution in [0.1, 0.15) is 18.9 Å².